The zero-order valence-corrected chi connectivity index (χ0v) is 12.4. The van der Waals surface area contributed by atoms with E-state index in [1.54, 1.807) is 12.5 Å². The maximum Gasteiger partial charge on any atom is 0.222 e. The molecular weight excluding hydrogens is 276 g/mol. The van der Waals surface area contributed by atoms with E-state index in [2.05, 4.69) is 10.3 Å². The van der Waals surface area contributed by atoms with Gasteiger partial charge in [-0.15, -0.1) is 0 Å². The van der Waals surface area contributed by atoms with Crippen LogP contribution >= 0.6 is 11.6 Å². The van der Waals surface area contributed by atoms with Crippen molar-refractivity contribution in [2.24, 2.45) is 0 Å². The molecule has 1 N–H and O–H groups in total. The van der Waals surface area contributed by atoms with Crippen molar-refractivity contribution in [3.05, 3.63) is 53.6 Å². The van der Waals surface area contributed by atoms with Crippen molar-refractivity contribution >= 4 is 17.5 Å². The Balaban J connectivity index is 1.93. The van der Waals surface area contributed by atoms with Crippen LogP contribution in [0.1, 0.15) is 25.8 Å². The van der Waals surface area contributed by atoms with Crippen molar-refractivity contribution in [2.75, 3.05) is 0 Å². The number of halogens is 1. The van der Waals surface area contributed by atoms with Gasteiger partial charge in [-0.3, -0.25) is 4.79 Å². The second-order valence-corrected chi connectivity index (χ2v) is 5.67. The molecule has 0 atom stereocenters. The van der Waals surface area contributed by atoms with Crippen molar-refractivity contribution in [2.45, 2.75) is 32.4 Å². The summed E-state index contributed by atoms with van der Waals surface area (Å²) in [5, 5.41) is 3.73. The molecule has 0 radical (unpaired) electrons. The van der Waals surface area contributed by atoms with Gasteiger partial charge in [0.25, 0.3) is 0 Å². The Bertz CT molecular complexity index is 561. The number of nitrogens with one attached hydrogen (secondary N) is 1. The van der Waals surface area contributed by atoms with Crippen LogP contribution in [0.2, 0.25) is 5.02 Å². The molecule has 0 aliphatic carbocycles. The van der Waals surface area contributed by atoms with E-state index in [-0.39, 0.29) is 5.91 Å². The Labute approximate surface area is 123 Å². The minimum atomic E-state index is -0.420. The Morgan fingerprint density at radius 2 is 2.10 bits per heavy atom. The van der Waals surface area contributed by atoms with E-state index < -0.39 is 5.54 Å². The predicted molar refractivity (Wildman–Crippen MR) is 79.5 cm³/mol. The summed E-state index contributed by atoms with van der Waals surface area (Å²) in [6.45, 7) is 4.58. The lowest BCUT2D eigenvalue weighted by molar-refractivity contribution is -0.123. The van der Waals surface area contributed by atoms with Crippen molar-refractivity contribution < 1.29 is 4.79 Å². The molecule has 2 rings (SSSR count). The van der Waals surface area contributed by atoms with E-state index in [0.29, 0.717) is 18.0 Å². The largest absolute Gasteiger partial charge is 0.347 e. The molecule has 0 unspecified atom stereocenters. The normalized spacial score (nSPS) is 11.3. The van der Waals surface area contributed by atoms with Gasteiger partial charge in [-0.1, -0.05) is 23.7 Å². The fourth-order valence-electron chi connectivity index (χ4n) is 2.00. The average Bonchev–Trinajstić information content (AvgIpc) is 2.89. The molecule has 0 fully saturated rings. The molecule has 1 aromatic carbocycles. The van der Waals surface area contributed by atoms with Crippen molar-refractivity contribution in [1.82, 2.24) is 14.9 Å². The summed E-state index contributed by atoms with van der Waals surface area (Å²) in [5.41, 5.74) is 0.606. The van der Waals surface area contributed by atoms with Crippen LogP contribution in [0, 0.1) is 0 Å². The molecule has 0 aliphatic rings. The predicted octanol–water partition coefficient (Wildman–Crippen LogP) is 2.98. The van der Waals surface area contributed by atoms with Crippen LogP contribution < -0.4 is 5.32 Å². The van der Waals surface area contributed by atoms with Crippen molar-refractivity contribution in [1.29, 1.82) is 0 Å². The molecule has 1 aromatic heterocycles. The number of aromatic nitrogens is 2. The first-order valence-electron chi connectivity index (χ1n) is 6.50. The third-order valence-electron chi connectivity index (χ3n) is 3.17. The zero-order valence-electron chi connectivity index (χ0n) is 11.6. The van der Waals surface area contributed by atoms with Gasteiger partial charge < -0.3 is 9.88 Å². The molecule has 0 aliphatic heterocycles. The summed E-state index contributed by atoms with van der Waals surface area (Å²) in [5.74, 6) is 0.0126. The number of hydrogen-bond donors (Lipinski definition) is 1. The van der Waals surface area contributed by atoms with Crippen LogP contribution in [-0.2, 0) is 16.9 Å². The molecule has 5 heteroatoms. The first-order valence-corrected chi connectivity index (χ1v) is 6.88. The van der Waals surface area contributed by atoms with E-state index >= 15 is 0 Å². The summed E-state index contributed by atoms with van der Waals surface area (Å²) in [4.78, 5) is 16.0. The van der Waals surface area contributed by atoms with Gasteiger partial charge in [-0.05, 0) is 31.5 Å². The molecule has 1 heterocycles. The smallest absolute Gasteiger partial charge is 0.222 e. The van der Waals surface area contributed by atoms with Gasteiger partial charge in [0.15, 0.2) is 0 Å². The number of rotatable bonds is 5. The van der Waals surface area contributed by atoms with Gasteiger partial charge in [0.2, 0.25) is 5.91 Å². The molecule has 0 spiro atoms. The topological polar surface area (TPSA) is 46.9 Å². The minimum Gasteiger partial charge on any atom is -0.347 e. The summed E-state index contributed by atoms with van der Waals surface area (Å²) in [6, 6.07) is 7.52. The second kappa shape index (κ2) is 6.09. The van der Waals surface area contributed by atoms with Gasteiger partial charge in [-0.2, -0.15) is 0 Å². The number of carbonyl (C=O) groups excluding carboxylic acids is 1. The maximum absolute atomic E-state index is 12.0. The lowest BCUT2D eigenvalue weighted by Crippen LogP contribution is -2.41. The van der Waals surface area contributed by atoms with Crippen molar-refractivity contribution in [3.63, 3.8) is 0 Å². The van der Waals surface area contributed by atoms with Gasteiger partial charge in [0.05, 0.1) is 11.9 Å². The summed E-state index contributed by atoms with van der Waals surface area (Å²) < 4.78 is 1.88. The van der Waals surface area contributed by atoms with Crippen molar-refractivity contribution in [3.8, 4) is 0 Å². The number of imidazole rings is 1. The number of aryl methyl sites for hydroxylation is 1. The monoisotopic (exact) mass is 293 g/mol. The maximum atomic E-state index is 12.0. The number of hydrogen-bond acceptors (Lipinski definition) is 2. The molecular formula is C15H18ClN3O. The third kappa shape index (κ3) is 3.84. The van der Waals surface area contributed by atoms with Crippen LogP contribution in [0.25, 0.3) is 0 Å². The highest BCUT2D eigenvalue weighted by Gasteiger charge is 2.22. The second-order valence-electron chi connectivity index (χ2n) is 5.23. The summed E-state index contributed by atoms with van der Waals surface area (Å²) >= 11 is 5.88. The molecule has 0 bridgehead atoms. The molecule has 2 aromatic rings. The number of carbonyl (C=O) groups is 1. The lowest BCUT2D eigenvalue weighted by Gasteiger charge is -2.27. The number of nitrogens with zero attached hydrogens (tertiary/aromatic N) is 2. The van der Waals surface area contributed by atoms with E-state index in [4.69, 9.17) is 11.6 Å². The fourth-order valence-corrected chi connectivity index (χ4v) is 2.13. The van der Waals surface area contributed by atoms with E-state index in [1.165, 1.54) is 0 Å². The molecule has 1 amide bonds. The minimum absolute atomic E-state index is 0.0126. The van der Waals surface area contributed by atoms with Gasteiger partial charge in [0, 0.05) is 30.4 Å². The van der Waals surface area contributed by atoms with Gasteiger partial charge >= 0.3 is 0 Å². The van der Waals surface area contributed by atoms with E-state index in [9.17, 15) is 4.79 Å². The Kier molecular flexibility index (Phi) is 4.45. The zero-order chi connectivity index (χ0) is 14.6. The fraction of sp³-hybridized carbons (Fsp3) is 0.333. The van der Waals surface area contributed by atoms with E-state index in [0.717, 1.165) is 5.56 Å². The lowest BCUT2D eigenvalue weighted by atomic mass is 9.94. The molecule has 0 saturated heterocycles. The molecule has 20 heavy (non-hydrogen) atoms. The van der Waals surface area contributed by atoms with E-state index in [1.807, 2.05) is 48.9 Å². The Hall–Kier alpha value is -1.81. The third-order valence-corrected chi connectivity index (χ3v) is 3.43. The first-order chi connectivity index (χ1) is 9.47. The summed E-state index contributed by atoms with van der Waals surface area (Å²) in [7, 11) is 0. The number of amides is 1. The Morgan fingerprint density at radius 1 is 1.40 bits per heavy atom. The average molecular weight is 294 g/mol. The van der Waals surface area contributed by atoms with Crippen LogP contribution in [-0.4, -0.2) is 15.5 Å². The highest BCUT2D eigenvalue weighted by atomic mass is 35.5. The Morgan fingerprint density at radius 3 is 2.70 bits per heavy atom. The molecule has 4 nitrogen and oxygen atoms in total. The quantitative estimate of drug-likeness (QED) is 0.921. The highest BCUT2D eigenvalue weighted by Crippen LogP contribution is 2.22. The highest BCUT2D eigenvalue weighted by molar-refractivity contribution is 6.30. The molecule has 0 saturated carbocycles. The summed E-state index contributed by atoms with van der Waals surface area (Å²) in [6.07, 6.45) is 5.68. The van der Waals surface area contributed by atoms with Crippen LogP contribution in [0.5, 0.6) is 0 Å². The first kappa shape index (κ1) is 14.6. The molecule has 106 valence electrons. The standard InChI is InChI=1S/C15H18ClN3O/c1-15(2,12-3-5-13(16)6-4-12)18-14(20)7-9-19-10-8-17-11-19/h3-6,8,10-11H,7,9H2,1-2H3,(H,18,20)/i11+2. The SMILES string of the molecule is CC(C)(NC(=O)CCn1ccn[14cH]1)c1ccc(Cl)cc1. The van der Waals surface area contributed by atoms with Crippen LogP contribution in [0.3, 0.4) is 0 Å². The number of benzene rings is 1. The van der Waals surface area contributed by atoms with Crippen LogP contribution in [0.15, 0.2) is 43.0 Å². The van der Waals surface area contributed by atoms with Gasteiger partial charge in [-0.25, -0.2) is 4.98 Å². The van der Waals surface area contributed by atoms with Crippen LogP contribution in [0.4, 0.5) is 0 Å². The van der Waals surface area contributed by atoms with Gasteiger partial charge in [0.1, 0.15) is 0 Å².